The molecule has 0 unspecified atom stereocenters. The molecule has 0 aromatic heterocycles. The fourth-order valence-corrected chi connectivity index (χ4v) is 11.3. The zero-order valence-corrected chi connectivity index (χ0v) is 32.6. The van der Waals surface area contributed by atoms with Crippen molar-refractivity contribution in [3.63, 3.8) is 0 Å². The molecule has 1 N–H and O–H groups in total. The average molecular weight is 739 g/mol. The number of hydrogen-bond donors (Lipinski definition) is 1. The molecule has 1 saturated heterocycles. The van der Waals surface area contributed by atoms with Crippen LogP contribution in [0.1, 0.15) is 104 Å². The molecule has 1 spiro atoms. The van der Waals surface area contributed by atoms with Gasteiger partial charge in [-0.25, -0.2) is 0 Å². The number of piperidine rings is 1. The lowest BCUT2D eigenvalue weighted by atomic mass is 9.50. The van der Waals surface area contributed by atoms with E-state index in [9.17, 15) is 9.90 Å². The van der Waals surface area contributed by atoms with Crippen LogP contribution in [0.4, 0.5) is 0 Å². The second-order valence-corrected chi connectivity index (χ2v) is 17.2. The summed E-state index contributed by atoms with van der Waals surface area (Å²) in [6.45, 7) is 2.81. The van der Waals surface area contributed by atoms with E-state index in [1.54, 1.807) is 13.2 Å². The van der Waals surface area contributed by atoms with Crippen LogP contribution in [-0.2, 0) is 23.1 Å². The van der Waals surface area contributed by atoms with Gasteiger partial charge in [0.2, 0.25) is 5.91 Å². The molecular weight excluding hydrogens is 681 g/mol. The van der Waals surface area contributed by atoms with Crippen molar-refractivity contribution >= 4 is 5.91 Å². The topological polar surface area (TPSA) is 62.2 Å². The Hall–Kier alpha value is -4.29. The summed E-state index contributed by atoms with van der Waals surface area (Å²) in [7, 11) is 1.68. The highest BCUT2D eigenvalue weighted by Gasteiger charge is 2.67. The Kier molecular flexibility index (Phi) is 10.4. The minimum Gasteiger partial charge on any atom is -0.508 e. The smallest absolute Gasteiger partial charge is 0.222 e. The van der Waals surface area contributed by atoms with E-state index in [0.29, 0.717) is 36.4 Å². The normalized spacial score (nSPS) is 25.0. The van der Waals surface area contributed by atoms with Crippen molar-refractivity contribution in [3.8, 4) is 17.2 Å². The minimum absolute atomic E-state index is 0.0389. The molecule has 288 valence electrons. The number of carbonyl (C=O) groups is 1. The van der Waals surface area contributed by atoms with Gasteiger partial charge in [-0.1, -0.05) is 110 Å². The summed E-state index contributed by atoms with van der Waals surface area (Å²) >= 11 is 0. The van der Waals surface area contributed by atoms with Gasteiger partial charge < -0.3 is 19.5 Å². The number of aromatic hydroxyl groups is 1. The summed E-state index contributed by atoms with van der Waals surface area (Å²) in [5.74, 6) is 3.29. The van der Waals surface area contributed by atoms with Crippen molar-refractivity contribution in [3.05, 3.63) is 125 Å². The number of nitrogens with zero attached hydrogens (tertiary/aromatic N) is 2. The fourth-order valence-electron chi connectivity index (χ4n) is 11.3. The third-order valence-electron chi connectivity index (χ3n) is 14.1. The monoisotopic (exact) mass is 738 g/mol. The zero-order valence-electron chi connectivity index (χ0n) is 32.6. The summed E-state index contributed by atoms with van der Waals surface area (Å²) in [6, 6.07) is 34.3. The van der Waals surface area contributed by atoms with Gasteiger partial charge in [-0.2, -0.15) is 0 Å². The summed E-state index contributed by atoms with van der Waals surface area (Å²) in [6.07, 6.45) is 13.5. The Morgan fingerprint density at radius 2 is 1.56 bits per heavy atom. The molecule has 6 nitrogen and oxygen atoms in total. The van der Waals surface area contributed by atoms with Gasteiger partial charge in [0.05, 0.1) is 13.2 Å². The maximum atomic E-state index is 15.0. The lowest BCUT2D eigenvalue weighted by Gasteiger charge is -2.60. The van der Waals surface area contributed by atoms with Crippen LogP contribution >= 0.6 is 0 Å². The van der Waals surface area contributed by atoms with Crippen LogP contribution in [0.25, 0.3) is 0 Å². The van der Waals surface area contributed by atoms with Gasteiger partial charge in [0.25, 0.3) is 0 Å². The van der Waals surface area contributed by atoms with E-state index in [0.717, 1.165) is 81.7 Å². The number of aryl methyl sites for hydroxylation is 1. The largest absolute Gasteiger partial charge is 0.508 e. The highest BCUT2D eigenvalue weighted by atomic mass is 16.5. The van der Waals surface area contributed by atoms with Gasteiger partial charge in [-0.3, -0.25) is 9.69 Å². The number of ether oxygens (including phenoxy) is 2. The number of methoxy groups -OCH3 is 1. The molecule has 3 aliphatic carbocycles. The van der Waals surface area contributed by atoms with Crippen LogP contribution in [0, 0.1) is 11.8 Å². The number of unbranched alkanes of at least 4 members (excludes halogenated alkanes) is 4. The Labute approximate surface area is 327 Å². The van der Waals surface area contributed by atoms with Crippen LogP contribution < -0.4 is 9.47 Å². The standard InChI is InChI=1S/C49H58N2O4/c1-54-44-31-43(52)38-30-42-40-26-27-41(48-49(40,46(38)47(44)55-48)28-29-50(42)32-35-24-25-35)51(33-39(36-19-11-6-12-20-36)37-21-13-7-14-22-37)45(53)23-15-4-2-3-8-16-34-17-9-5-10-18-34/h5-7,9-14,17-22,31,35,39-42,48,52H,2-4,8,15-16,23-30,32-33H2,1H3/t40-,41-,42+,48-,49-/m0/s1. The number of rotatable bonds is 16. The highest BCUT2D eigenvalue weighted by molar-refractivity contribution is 5.77. The van der Waals surface area contributed by atoms with Crippen LogP contribution in [0.2, 0.25) is 0 Å². The van der Waals surface area contributed by atoms with E-state index in [2.05, 4.69) is 101 Å². The Morgan fingerprint density at radius 1 is 0.891 bits per heavy atom. The van der Waals surface area contributed by atoms with Crippen LogP contribution in [0.15, 0.2) is 97.1 Å². The molecule has 2 saturated carbocycles. The van der Waals surface area contributed by atoms with Crippen molar-refractivity contribution in [1.29, 1.82) is 0 Å². The molecule has 4 aromatic carbocycles. The number of phenolic OH excluding ortho intramolecular Hbond substituents is 1. The second kappa shape index (κ2) is 15.7. The maximum Gasteiger partial charge on any atom is 0.222 e. The molecule has 2 aliphatic heterocycles. The molecule has 2 bridgehead atoms. The highest BCUT2D eigenvalue weighted by Crippen LogP contribution is 2.66. The number of hydrogen-bond acceptors (Lipinski definition) is 5. The van der Waals surface area contributed by atoms with E-state index in [4.69, 9.17) is 9.47 Å². The number of carbonyl (C=O) groups excluding carboxylic acids is 1. The van der Waals surface area contributed by atoms with Crippen molar-refractivity contribution in [2.24, 2.45) is 11.8 Å². The van der Waals surface area contributed by atoms with Crippen molar-refractivity contribution in [2.45, 2.75) is 113 Å². The molecule has 5 aliphatic rings. The fraction of sp³-hybridized carbons (Fsp3) is 0.490. The van der Waals surface area contributed by atoms with E-state index in [1.165, 1.54) is 47.9 Å². The predicted molar refractivity (Wildman–Crippen MR) is 218 cm³/mol. The van der Waals surface area contributed by atoms with E-state index in [-0.39, 0.29) is 29.4 Å². The van der Waals surface area contributed by atoms with Crippen molar-refractivity contribution in [2.75, 3.05) is 26.7 Å². The Bertz CT molecular complexity index is 1890. The number of likely N-dealkylation sites (tertiary alicyclic amines) is 1. The second-order valence-electron chi connectivity index (χ2n) is 17.2. The molecule has 9 rings (SSSR count). The van der Waals surface area contributed by atoms with Crippen LogP contribution in [0.3, 0.4) is 0 Å². The molecule has 55 heavy (non-hydrogen) atoms. The zero-order chi connectivity index (χ0) is 37.4. The van der Waals surface area contributed by atoms with E-state index >= 15 is 0 Å². The lowest BCUT2D eigenvalue weighted by Crippen LogP contribution is -2.69. The summed E-state index contributed by atoms with van der Waals surface area (Å²) < 4.78 is 13.2. The third kappa shape index (κ3) is 6.94. The predicted octanol–water partition coefficient (Wildman–Crippen LogP) is 9.46. The Morgan fingerprint density at radius 3 is 2.25 bits per heavy atom. The van der Waals surface area contributed by atoms with Gasteiger partial charge in [0.1, 0.15) is 11.9 Å². The quantitative estimate of drug-likeness (QED) is 0.116. The molecular formula is C49H58N2O4. The minimum atomic E-state index is -0.255. The van der Waals surface area contributed by atoms with E-state index in [1.807, 2.05) is 0 Å². The van der Waals surface area contributed by atoms with Gasteiger partial charge in [-0.15, -0.1) is 0 Å². The molecule has 4 aromatic rings. The lowest BCUT2D eigenvalue weighted by molar-refractivity contribution is -0.143. The van der Waals surface area contributed by atoms with Gasteiger partial charge in [0.15, 0.2) is 11.5 Å². The number of phenols is 1. The molecule has 3 fully saturated rings. The molecule has 0 radical (unpaired) electrons. The maximum absolute atomic E-state index is 15.0. The van der Waals surface area contributed by atoms with Crippen molar-refractivity contribution in [1.82, 2.24) is 9.80 Å². The molecule has 1 amide bonds. The first-order chi connectivity index (χ1) is 27.0. The Balaban J connectivity index is 1.02. The van der Waals surface area contributed by atoms with Crippen molar-refractivity contribution < 1.29 is 19.4 Å². The first-order valence-electron chi connectivity index (χ1n) is 21.3. The molecule has 6 heteroatoms. The average Bonchev–Trinajstić information content (AvgIpc) is 3.98. The number of benzene rings is 4. The summed E-state index contributed by atoms with van der Waals surface area (Å²) in [4.78, 5) is 20.0. The summed E-state index contributed by atoms with van der Waals surface area (Å²) in [5.41, 5.74) is 5.85. The van der Waals surface area contributed by atoms with Crippen LogP contribution in [0.5, 0.6) is 17.2 Å². The summed E-state index contributed by atoms with van der Waals surface area (Å²) in [5, 5.41) is 11.6. The van der Waals surface area contributed by atoms with E-state index < -0.39 is 0 Å². The first kappa shape index (κ1) is 36.4. The third-order valence-corrected chi connectivity index (χ3v) is 14.1. The van der Waals surface area contributed by atoms with Gasteiger partial charge in [-0.05, 0) is 92.9 Å². The molecule has 2 heterocycles. The first-order valence-corrected chi connectivity index (χ1v) is 21.3. The SMILES string of the molecule is COc1cc(O)c2c3c1O[C@H]1[C@@H](N(CC(c4ccccc4)c4ccccc4)C(=O)CCCCCCCc4ccccc4)CC[C@H]4[C@@H](C2)N(CC2CC2)CC[C@@]341. The van der Waals surface area contributed by atoms with Crippen LogP contribution in [-0.4, -0.2) is 65.7 Å². The van der Waals surface area contributed by atoms with Gasteiger partial charge in [0, 0.05) is 54.1 Å². The number of amides is 1. The van der Waals surface area contributed by atoms with Gasteiger partial charge >= 0.3 is 0 Å². The molecule has 5 atom stereocenters.